The van der Waals surface area contributed by atoms with Crippen molar-refractivity contribution < 1.29 is 4.79 Å². The minimum atomic E-state index is -0.315. The summed E-state index contributed by atoms with van der Waals surface area (Å²) in [5.74, 6) is 0.208. The minimum Gasteiger partial charge on any atom is -0.299 e. The zero-order valence-corrected chi connectivity index (χ0v) is 15.5. The largest absolute Gasteiger partial charge is 0.299 e. The maximum Gasteiger partial charge on any atom is 0.263 e. The summed E-state index contributed by atoms with van der Waals surface area (Å²) < 4.78 is 1.40. The normalized spacial score (nSPS) is 11.2. The van der Waals surface area contributed by atoms with Gasteiger partial charge in [0, 0.05) is 4.88 Å². The van der Waals surface area contributed by atoms with E-state index in [2.05, 4.69) is 20.5 Å². The highest BCUT2D eigenvalue weighted by molar-refractivity contribution is 7.18. The number of nitrogens with zero attached hydrogens (tertiary/aromatic N) is 4. The lowest BCUT2D eigenvalue weighted by molar-refractivity contribution is -0.116. The highest BCUT2D eigenvalue weighted by Gasteiger charge is 2.17. The van der Waals surface area contributed by atoms with Gasteiger partial charge in [-0.25, -0.2) is 4.98 Å². The molecule has 0 radical (unpaired) electrons. The number of fused-ring (bicyclic) bond motifs is 1. The van der Waals surface area contributed by atoms with Crippen molar-refractivity contribution in [3.8, 4) is 0 Å². The summed E-state index contributed by atoms with van der Waals surface area (Å²) in [7, 11) is 0. The molecule has 7 nitrogen and oxygen atoms in total. The molecule has 0 bridgehead atoms. The van der Waals surface area contributed by atoms with Crippen LogP contribution in [0.4, 0.5) is 5.13 Å². The second kappa shape index (κ2) is 6.40. The lowest BCUT2D eigenvalue weighted by Gasteiger charge is -2.09. The van der Waals surface area contributed by atoms with E-state index < -0.39 is 0 Å². The fourth-order valence-corrected chi connectivity index (χ4v) is 4.13. The highest BCUT2D eigenvalue weighted by atomic mass is 32.1. The van der Waals surface area contributed by atoms with Gasteiger partial charge in [-0.1, -0.05) is 18.3 Å². The van der Waals surface area contributed by atoms with E-state index in [9.17, 15) is 9.59 Å². The van der Waals surface area contributed by atoms with Crippen LogP contribution in [0.5, 0.6) is 0 Å². The number of aryl methyl sites for hydroxylation is 4. The van der Waals surface area contributed by atoms with Crippen molar-refractivity contribution in [2.45, 2.75) is 40.7 Å². The third-order valence-electron chi connectivity index (χ3n) is 3.80. The molecule has 0 aliphatic heterocycles. The average molecular weight is 363 g/mol. The van der Waals surface area contributed by atoms with E-state index in [-0.39, 0.29) is 18.0 Å². The second-order valence-corrected chi connectivity index (χ2v) is 7.68. The van der Waals surface area contributed by atoms with Crippen LogP contribution in [0.15, 0.2) is 4.79 Å². The summed E-state index contributed by atoms with van der Waals surface area (Å²) in [5.41, 5.74) is 0.749. The van der Waals surface area contributed by atoms with Gasteiger partial charge in [0.1, 0.15) is 22.2 Å². The van der Waals surface area contributed by atoms with Gasteiger partial charge < -0.3 is 0 Å². The Kier molecular flexibility index (Phi) is 4.46. The number of rotatable bonds is 4. The second-order valence-electron chi connectivity index (χ2n) is 5.42. The number of amides is 1. The summed E-state index contributed by atoms with van der Waals surface area (Å²) in [4.78, 5) is 31.3. The Balaban J connectivity index is 1.90. The van der Waals surface area contributed by atoms with Crippen molar-refractivity contribution in [3.63, 3.8) is 0 Å². The number of hydrogen-bond donors (Lipinski definition) is 1. The number of aromatic nitrogens is 4. The van der Waals surface area contributed by atoms with Gasteiger partial charge in [-0.2, -0.15) is 0 Å². The molecule has 0 aliphatic carbocycles. The standard InChI is InChI=1S/C15H17N5O2S2/c1-5-11-18-19-15(24-11)17-10(21)6-20-9(4)16-13-12(14(20)22)7(2)8(3)23-13/h5-6H2,1-4H3,(H,17,19,21). The molecule has 3 rings (SSSR count). The third kappa shape index (κ3) is 2.96. The van der Waals surface area contributed by atoms with E-state index in [0.717, 1.165) is 26.7 Å². The summed E-state index contributed by atoms with van der Waals surface area (Å²) >= 11 is 2.83. The molecule has 1 amide bonds. The van der Waals surface area contributed by atoms with Crippen LogP contribution in [0.3, 0.4) is 0 Å². The van der Waals surface area contributed by atoms with Crippen LogP contribution in [0.1, 0.15) is 28.2 Å². The molecular formula is C15H17N5O2S2. The Labute approximate surface area is 146 Å². The van der Waals surface area contributed by atoms with Gasteiger partial charge in [-0.05, 0) is 32.8 Å². The molecule has 24 heavy (non-hydrogen) atoms. The quantitative estimate of drug-likeness (QED) is 0.769. The Morgan fingerprint density at radius 3 is 2.62 bits per heavy atom. The van der Waals surface area contributed by atoms with Crippen LogP contribution >= 0.6 is 22.7 Å². The molecule has 0 unspecified atom stereocenters. The predicted molar refractivity (Wildman–Crippen MR) is 96.0 cm³/mol. The van der Waals surface area contributed by atoms with E-state index in [1.807, 2.05) is 20.8 Å². The third-order valence-corrected chi connectivity index (χ3v) is 5.88. The molecule has 0 saturated carbocycles. The minimum absolute atomic E-state index is 0.0943. The first-order chi connectivity index (χ1) is 11.4. The van der Waals surface area contributed by atoms with Gasteiger partial charge >= 0.3 is 0 Å². The number of thiophene rings is 1. The first-order valence-electron chi connectivity index (χ1n) is 7.50. The van der Waals surface area contributed by atoms with Crippen molar-refractivity contribution >= 4 is 43.9 Å². The Bertz CT molecular complexity index is 986. The van der Waals surface area contributed by atoms with Gasteiger partial charge in [-0.15, -0.1) is 21.5 Å². The van der Waals surface area contributed by atoms with Gasteiger partial charge in [-0.3, -0.25) is 19.5 Å². The van der Waals surface area contributed by atoms with Crippen molar-refractivity contribution in [1.82, 2.24) is 19.7 Å². The molecule has 3 aromatic rings. The van der Waals surface area contributed by atoms with Gasteiger partial charge in [0.25, 0.3) is 5.56 Å². The van der Waals surface area contributed by atoms with Crippen LogP contribution in [0, 0.1) is 20.8 Å². The van der Waals surface area contributed by atoms with E-state index in [1.54, 1.807) is 6.92 Å². The van der Waals surface area contributed by atoms with Gasteiger partial charge in [0.15, 0.2) is 0 Å². The van der Waals surface area contributed by atoms with E-state index in [1.165, 1.54) is 27.2 Å². The molecule has 0 aliphatic rings. The molecule has 0 saturated heterocycles. The van der Waals surface area contributed by atoms with Crippen LogP contribution in [0.25, 0.3) is 10.2 Å². The number of anilines is 1. The number of carbonyl (C=O) groups excluding carboxylic acids is 1. The van der Waals surface area contributed by atoms with Crippen molar-refractivity contribution in [2.24, 2.45) is 0 Å². The number of nitrogens with one attached hydrogen (secondary N) is 1. The topological polar surface area (TPSA) is 89.8 Å². The van der Waals surface area contributed by atoms with Gasteiger partial charge in [0.05, 0.1) is 5.39 Å². The predicted octanol–water partition coefficient (Wildman–Crippen LogP) is 2.44. The maximum absolute atomic E-state index is 12.7. The first-order valence-corrected chi connectivity index (χ1v) is 9.13. The summed E-state index contributed by atoms with van der Waals surface area (Å²) in [6.07, 6.45) is 0.767. The summed E-state index contributed by atoms with van der Waals surface area (Å²) in [5, 5.41) is 12.5. The van der Waals surface area contributed by atoms with E-state index in [0.29, 0.717) is 16.3 Å². The summed E-state index contributed by atoms with van der Waals surface area (Å²) in [6.45, 7) is 7.49. The van der Waals surface area contributed by atoms with Crippen molar-refractivity contribution in [3.05, 3.63) is 31.6 Å². The lowest BCUT2D eigenvalue weighted by atomic mass is 10.2. The fourth-order valence-electron chi connectivity index (χ4n) is 2.36. The van der Waals surface area contributed by atoms with E-state index in [4.69, 9.17) is 0 Å². The smallest absolute Gasteiger partial charge is 0.263 e. The lowest BCUT2D eigenvalue weighted by Crippen LogP contribution is -2.30. The van der Waals surface area contributed by atoms with Crippen LogP contribution < -0.4 is 10.9 Å². The molecule has 3 aromatic heterocycles. The van der Waals surface area contributed by atoms with Crippen LogP contribution in [0.2, 0.25) is 0 Å². The molecule has 1 N–H and O–H groups in total. The SMILES string of the molecule is CCc1nnc(NC(=O)Cn2c(C)nc3sc(C)c(C)c3c2=O)s1. The van der Waals surface area contributed by atoms with E-state index >= 15 is 0 Å². The molecule has 0 aromatic carbocycles. The number of carbonyl (C=O) groups is 1. The fraction of sp³-hybridized carbons (Fsp3) is 0.400. The van der Waals surface area contributed by atoms with Gasteiger partial charge in [0.2, 0.25) is 11.0 Å². The molecule has 126 valence electrons. The maximum atomic E-state index is 12.7. The number of hydrogen-bond acceptors (Lipinski definition) is 7. The molecule has 9 heteroatoms. The van der Waals surface area contributed by atoms with Crippen molar-refractivity contribution in [1.29, 1.82) is 0 Å². The monoisotopic (exact) mass is 363 g/mol. The molecular weight excluding hydrogens is 346 g/mol. The average Bonchev–Trinajstić information content (AvgIpc) is 3.08. The molecule has 0 spiro atoms. The first kappa shape index (κ1) is 16.7. The molecule has 0 atom stereocenters. The summed E-state index contributed by atoms with van der Waals surface area (Å²) in [6, 6.07) is 0. The highest BCUT2D eigenvalue weighted by Crippen LogP contribution is 2.26. The Morgan fingerprint density at radius 2 is 1.96 bits per heavy atom. The van der Waals surface area contributed by atoms with Crippen LogP contribution in [-0.2, 0) is 17.8 Å². The Hall–Kier alpha value is -2.13. The zero-order valence-electron chi connectivity index (χ0n) is 13.8. The molecule has 0 fully saturated rings. The van der Waals surface area contributed by atoms with Crippen molar-refractivity contribution in [2.75, 3.05) is 5.32 Å². The van der Waals surface area contributed by atoms with Crippen LogP contribution in [-0.4, -0.2) is 25.7 Å². The molecule has 3 heterocycles. The zero-order chi connectivity index (χ0) is 17.4. The Morgan fingerprint density at radius 1 is 1.21 bits per heavy atom.